The summed E-state index contributed by atoms with van der Waals surface area (Å²) >= 11 is 0. The average Bonchev–Trinajstić information content (AvgIpc) is 2.99. The molecule has 0 heterocycles. The van der Waals surface area contributed by atoms with Gasteiger partial charge in [-0.3, -0.25) is 0 Å². The lowest BCUT2D eigenvalue weighted by molar-refractivity contribution is -0.136. The number of methoxy groups -OCH3 is 1. The van der Waals surface area contributed by atoms with E-state index in [9.17, 15) is 4.79 Å². The van der Waals surface area contributed by atoms with E-state index in [1.165, 1.54) is 7.11 Å². The van der Waals surface area contributed by atoms with Crippen molar-refractivity contribution in [1.29, 1.82) is 0 Å². The van der Waals surface area contributed by atoms with Crippen LogP contribution in [0.5, 0.6) is 0 Å². The SMILES string of the molecule is COC(=O)C1=C(c2ccccc2)[C@@H]2C=C[C@@H]1C2. The van der Waals surface area contributed by atoms with Crippen molar-refractivity contribution in [3.8, 4) is 0 Å². The fourth-order valence-electron chi connectivity index (χ4n) is 2.89. The number of allylic oxidation sites excluding steroid dienone is 3. The second-order valence-corrected chi connectivity index (χ2v) is 4.52. The van der Waals surface area contributed by atoms with Crippen molar-refractivity contribution in [3.63, 3.8) is 0 Å². The Hall–Kier alpha value is -1.83. The van der Waals surface area contributed by atoms with Crippen LogP contribution in [0.2, 0.25) is 0 Å². The van der Waals surface area contributed by atoms with E-state index in [1.807, 2.05) is 18.2 Å². The van der Waals surface area contributed by atoms with E-state index >= 15 is 0 Å². The lowest BCUT2D eigenvalue weighted by atomic mass is 9.91. The molecule has 1 aromatic rings. The van der Waals surface area contributed by atoms with Crippen LogP contribution in [0.4, 0.5) is 0 Å². The Bertz CT molecular complexity index is 511. The van der Waals surface area contributed by atoms with Gasteiger partial charge in [0.15, 0.2) is 0 Å². The summed E-state index contributed by atoms with van der Waals surface area (Å²) in [6.07, 6.45) is 5.36. The van der Waals surface area contributed by atoms with Crippen molar-refractivity contribution < 1.29 is 9.53 Å². The van der Waals surface area contributed by atoms with E-state index < -0.39 is 0 Å². The average molecular weight is 226 g/mol. The van der Waals surface area contributed by atoms with E-state index in [2.05, 4.69) is 24.3 Å². The standard InChI is InChI=1S/C15H14O2/c1-17-15(16)14-12-8-7-11(9-12)13(14)10-5-3-2-4-6-10/h2-8,11-12H,9H2,1H3/t11-,12-/m1/s1. The van der Waals surface area contributed by atoms with Gasteiger partial charge in [0, 0.05) is 17.4 Å². The van der Waals surface area contributed by atoms with Crippen LogP contribution in [0, 0.1) is 11.8 Å². The van der Waals surface area contributed by atoms with Crippen molar-refractivity contribution in [2.75, 3.05) is 7.11 Å². The Morgan fingerprint density at radius 2 is 1.88 bits per heavy atom. The van der Waals surface area contributed by atoms with Gasteiger partial charge >= 0.3 is 5.97 Å². The van der Waals surface area contributed by atoms with E-state index in [4.69, 9.17) is 4.74 Å². The Labute approximate surface area is 101 Å². The highest BCUT2D eigenvalue weighted by molar-refractivity contribution is 6.01. The summed E-state index contributed by atoms with van der Waals surface area (Å²) in [5.74, 6) is 0.458. The maximum atomic E-state index is 11.9. The molecule has 86 valence electrons. The number of hydrogen-bond donors (Lipinski definition) is 0. The normalized spacial score (nSPS) is 25.5. The molecule has 0 saturated heterocycles. The predicted octanol–water partition coefficient (Wildman–Crippen LogP) is 2.82. The Morgan fingerprint density at radius 3 is 2.59 bits per heavy atom. The molecule has 0 spiro atoms. The molecule has 0 radical (unpaired) electrons. The fraction of sp³-hybridized carbons (Fsp3) is 0.267. The largest absolute Gasteiger partial charge is 0.466 e. The van der Waals surface area contributed by atoms with Crippen molar-refractivity contribution in [1.82, 2.24) is 0 Å². The van der Waals surface area contributed by atoms with Crippen LogP contribution in [0.15, 0.2) is 48.1 Å². The first-order valence-corrected chi connectivity index (χ1v) is 5.87. The molecule has 2 heteroatoms. The van der Waals surface area contributed by atoms with Crippen LogP contribution in [-0.4, -0.2) is 13.1 Å². The number of rotatable bonds is 2. The first kappa shape index (κ1) is 10.3. The number of fused-ring (bicyclic) bond motifs is 2. The van der Waals surface area contributed by atoms with Gasteiger partial charge in [-0.15, -0.1) is 0 Å². The fourth-order valence-corrected chi connectivity index (χ4v) is 2.89. The summed E-state index contributed by atoms with van der Waals surface area (Å²) in [6.45, 7) is 0. The van der Waals surface area contributed by atoms with E-state index in [0.717, 1.165) is 23.1 Å². The second-order valence-electron chi connectivity index (χ2n) is 4.52. The molecular formula is C15H14O2. The van der Waals surface area contributed by atoms with Crippen molar-refractivity contribution in [3.05, 3.63) is 53.6 Å². The van der Waals surface area contributed by atoms with Gasteiger partial charge in [0.05, 0.1) is 7.11 Å². The number of benzene rings is 1. The first-order valence-electron chi connectivity index (χ1n) is 5.87. The van der Waals surface area contributed by atoms with Crippen LogP contribution >= 0.6 is 0 Å². The van der Waals surface area contributed by atoms with Crippen LogP contribution in [0.3, 0.4) is 0 Å². The van der Waals surface area contributed by atoms with Gasteiger partial charge in [-0.25, -0.2) is 4.79 Å². The summed E-state index contributed by atoms with van der Waals surface area (Å²) in [4.78, 5) is 11.9. The van der Waals surface area contributed by atoms with Gasteiger partial charge < -0.3 is 4.74 Å². The third kappa shape index (κ3) is 1.52. The minimum Gasteiger partial charge on any atom is -0.466 e. The zero-order chi connectivity index (χ0) is 11.8. The molecule has 0 aliphatic heterocycles. The summed E-state index contributed by atoms with van der Waals surface area (Å²) in [5.41, 5.74) is 3.15. The number of hydrogen-bond acceptors (Lipinski definition) is 2. The minimum absolute atomic E-state index is 0.180. The maximum Gasteiger partial charge on any atom is 0.334 e. The monoisotopic (exact) mass is 226 g/mol. The summed E-state index contributed by atoms with van der Waals surface area (Å²) < 4.78 is 4.91. The second kappa shape index (κ2) is 3.88. The molecule has 17 heavy (non-hydrogen) atoms. The van der Waals surface area contributed by atoms with Crippen LogP contribution < -0.4 is 0 Å². The summed E-state index contributed by atoms with van der Waals surface area (Å²) in [5, 5.41) is 0. The lowest BCUT2D eigenvalue weighted by Gasteiger charge is -2.14. The molecule has 2 bridgehead atoms. The Kier molecular flexibility index (Phi) is 2.36. The highest BCUT2D eigenvalue weighted by atomic mass is 16.5. The number of esters is 1. The molecule has 1 aromatic carbocycles. The third-order valence-electron chi connectivity index (χ3n) is 3.61. The summed E-state index contributed by atoms with van der Waals surface area (Å²) in [7, 11) is 1.45. The Balaban J connectivity index is 2.11. The van der Waals surface area contributed by atoms with Crippen molar-refractivity contribution >= 4 is 11.5 Å². The molecule has 2 nitrogen and oxygen atoms in total. The predicted molar refractivity (Wildman–Crippen MR) is 66.1 cm³/mol. The number of carbonyl (C=O) groups excluding carboxylic acids is 1. The highest BCUT2D eigenvalue weighted by Crippen LogP contribution is 2.48. The van der Waals surface area contributed by atoms with Gasteiger partial charge in [-0.1, -0.05) is 42.5 Å². The molecular weight excluding hydrogens is 212 g/mol. The van der Waals surface area contributed by atoms with Crippen LogP contribution in [-0.2, 0) is 9.53 Å². The molecule has 2 aliphatic carbocycles. The van der Waals surface area contributed by atoms with Crippen LogP contribution in [0.25, 0.3) is 5.57 Å². The van der Waals surface area contributed by atoms with Crippen LogP contribution in [0.1, 0.15) is 12.0 Å². The molecule has 0 N–H and O–H groups in total. The minimum atomic E-state index is -0.180. The van der Waals surface area contributed by atoms with E-state index in [1.54, 1.807) is 0 Å². The smallest absolute Gasteiger partial charge is 0.334 e. The van der Waals surface area contributed by atoms with E-state index in [0.29, 0.717) is 5.92 Å². The van der Waals surface area contributed by atoms with E-state index in [-0.39, 0.29) is 11.9 Å². The molecule has 0 aromatic heterocycles. The Morgan fingerprint density at radius 1 is 1.18 bits per heavy atom. The zero-order valence-corrected chi connectivity index (χ0v) is 9.72. The van der Waals surface area contributed by atoms with Gasteiger partial charge in [-0.2, -0.15) is 0 Å². The molecule has 3 rings (SSSR count). The molecule has 0 saturated carbocycles. The highest BCUT2D eigenvalue weighted by Gasteiger charge is 2.39. The first-order chi connectivity index (χ1) is 8.31. The van der Waals surface area contributed by atoms with Gasteiger partial charge in [0.1, 0.15) is 0 Å². The van der Waals surface area contributed by atoms with Crippen molar-refractivity contribution in [2.45, 2.75) is 6.42 Å². The molecule has 0 unspecified atom stereocenters. The summed E-state index contributed by atoms with van der Waals surface area (Å²) in [6, 6.07) is 10.1. The topological polar surface area (TPSA) is 26.3 Å². The molecule has 2 aliphatic rings. The zero-order valence-electron chi connectivity index (χ0n) is 9.72. The number of carbonyl (C=O) groups is 1. The molecule has 2 atom stereocenters. The molecule has 0 fully saturated rings. The van der Waals surface area contributed by atoms with Gasteiger partial charge in [0.2, 0.25) is 0 Å². The number of ether oxygens (including phenoxy) is 1. The van der Waals surface area contributed by atoms with Gasteiger partial charge in [0.25, 0.3) is 0 Å². The quantitative estimate of drug-likeness (QED) is 0.572. The third-order valence-corrected chi connectivity index (χ3v) is 3.61. The van der Waals surface area contributed by atoms with Gasteiger partial charge in [-0.05, 0) is 17.6 Å². The maximum absolute atomic E-state index is 11.9. The van der Waals surface area contributed by atoms with Crippen molar-refractivity contribution in [2.24, 2.45) is 11.8 Å². The lowest BCUT2D eigenvalue weighted by Crippen LogP contribution is -2.11. The molecule has 0 amide bonds.